The van der Waals surface area contributed by atoms with E-state index in [9.17, 15) is 27.6 Å². The molecule has 3 saturated carbocycles. The minimum absolute atomic E-state index is 0.00951. The highest BCUT2D eigenvalue weighted by molar-refractivity contribution is 7.91. The number of pyridine rings is 1. The molecule has 1 aromatic heterocycles. The van der Waals surface area contributed by atoms with Crippen LogP contribution in [-0.2, 0) is 29.1 Å². The zero-order chi connectivity index (χ0) is 42.0. The zero-order valence-electron chi connectivity index (χ0n) is 33.9. The molecule has 8 rings (SSSR count). The van der Waals surface area contributed by atoms with Crippen LogP contribution in [0.3, 0.4) is 0 Å². The van der Waals surface area contributed by atoms with Gasteiger partial charge >= 0.3 is 6.09 Å². The molecule has 2 aromatic carbocycles. The predicted octanol–water partition coefficient (Wildman–Crippen LogP) is 5.80. The lowest BCUT2D eigenvalue weighted by Gasteiger charge is -2.34. The largest absolute Gasteiger partial charge is 0.496 e. The Morgan fingerprint density at radius 2 is 1.82 bits per heavy atom. The van der Waals surface area contributed by atoms with Crippen molar-refractivity contribution in [1.29, 1.82) is 0 Å². The highest BCUT2D eigenvalue weighted by Crippen LogP contribution is 2.46. The first-order valence-corrected chi connectivity index (χ1v) is 22.7. The maximum Gasteiger partial charge on any atom is 0.407 e. The molecule has 5 atom stereocenters. The maximum atomic E-state index is 15.0. The number of methoxy groups -OCH3 is 1. The number of alkyl carbamates (subject to hydrolysis) is 1. The summed E-state index contributed by atoms with van der Waals surface area (Å²) in [6.07, 6.45) is 11.6. The second kappa shape index (κ2) is 17.3. The Balaban J connectivity index is 1.18. The molecule has 5 aliphatic rings. The number of benzene rings is 2. The van der Waals surface area contributed by atoms with Crippen molar-refractivity contribution >= 4 is 50.8 Å². The standard InChI is InChI=1S/C45H53N5O9S/c1-3-31-26-45(31,43(53)49-60(55,56)33-19-20-33)48-41(51)37-23-32-27-50(37)42(52)40(29-16-11-7-12-17-29)47-44(54)58-21-13-5-4-8-18-30-22-34-36(25-38(30)57-2)46-35(24-39(34)59-32)28-14-9-6-10-15-28/h3,6,8-10,14-15,18,22,24-25,29,31-33,37,40H,1,4-5,7,11-13,16-17,19-21,23,26-27H2,2H3,(H,47,54)(H,48,51)(H,49,53)/b18-8+/t31-,32+,37-,40-,45+/m0/s1. The van der Waals surface area contributed by atoms with Gasteiger partial charge in [0.25, 0.3) is 5.91 Å². The van der Waals surface area contributed by atoms with E-state index in [1.807, 2.05) is 60.7 Å². The maximum absolute atomic E-state index is 15.0. The number of hydrogen-bond donors (Lipinski definition) is 3. The fourth-order valence-corrected chi connectivity index (χ4v) is 10.3. The number of nitrogens with one attached hydrogen (secondary N) is 3. The van der Waals surface area contributed by atoms with Crippen LogP contribution >= 0.6 is 0 Å². The zero-order valence-corrected chi connectivity index (χ0v) is 34.7. The van der Waals surface area contributed by atoms with Gasteiger partial charge in [-0.05, 0) is 63.4 Å². The number of rotatable bonds is 9. The van der Waals surface area contributed by atoms with Crippen molar-refractivity contribution in [2.24, 2.45) is 11.8 Å². The number of cyclic esters (lactones) is 1. The van der Waals surface area contributed by atoms with Crippen LogP contribution in [0.2, 0.25) is 0 Å². The van der Waals surface area contributed by atoms with Crippen LogP contribution < -0.4 is 24.8 Å². The molecule has 14 nitrogen and oxygen atoms in total. The molecule has 318 valence electrons. The first kappa shape index (κ1) is 41.3. The summed E-state index contributed by atoms with van der Waals surface area (Å²) in [4.78, 5) is 63.1. The summed E-state index contributed by atoms with van der Waals surface area (Å²) in [5, 5.41) is 5.82. The molecule has 3 heterocycles. The molecule has 0 radical (unpaired) electrons. The van der Waals surface area contributed by atoms with Crippen molar-refractivity contribution in [2.75, 3.05) is 20.3 Å². The van der Waals surface area contributed by atoms with E-state index < -0.39 is 68.7 Å². The van der Waals surface area contributed by atoms with Crippen LogP contribution in [0.25, 0.3) is 28.2 Å². The average molecular weight is 840 g/mol. The topological polar surface area (TPSA) is 182 Å². The minimum atomic E-state index is -3.91. The summed E-state index contributed by atoms with van der Waals surface area (Å²) in [6.45, 7) is 3.98. The third-order valence-electron chi connectivity index (χ3n) is 12.5. The first-order chi connectivity index (χ1) is 29.0. The number of fused-ring (bicyclic) bond motifs is 3. The molecular weight excluding hydrogens is 787 g/mol. The molecule has 4 fully saturated rings. The van der Waals surface area contributed by atoms with Crippen LogP contribution in [0.15, 0.2) is 67.3 Å². The molecule has 15 heteroatoms. The third kappa shape index (κ3) is 8.72. The Morgan fingerprint density at radius 1 is 1.03 bits per heavy atom. The Morgan fingerprint density at radius 3 is 2.53 bits per heavy atom. The van der Waals surface area contributed by atoms with Gasteiger partial charge in [0, 0.05) is 41.0 Å². The number of ether oxygens (including phenoxy) is 3. The molecule has 4 amide bonds. The Hall–Kier alpha value is -5.44. The van der Waals surface area contributed by atoms with Gasteiger partial charge in [-0.15, -0.1) is 6.58 Å². The van der Waals surface area contributed by atoms with Gasteiger partial charge in [0.2, 0.25) is 21.8 Å². The molecule has 0 spiro atoms. The van der Waals surface area contributed by atoms with E-state index in [-0.39, 0.29) is 31.9 Å². The molecular formula is C45H53N5O9S. The molecule has 0 unspecified atom stereocenters. The summed E-state index contributed by atoms with van der Waals surface area (Å²) in [7, 11) is -2.31. The molecule has 3 aliphatic carbocycles. The number of aromatic nitrogens is 1. The van der Waals surface area contributed by atoms with Gasteiger partial charge < -0.3 is 29.7 Å². The number of sulfonamides is 1. The van der Waals surface area contributed by atoms with Gasteiger partial charge in [-0.25, -0.2) is 18.2 Å². The van der Waals surface area contributed by atoms with Gasteiger partial charge in [0.05, 0.1) is 36.7 Å². The van der Waals surface area contributed by atoms with E-state index in [2.05, 4.69) is 21.9 Å². The third-order valence-corrected chi connectivity index (χ3v) is 14.4. The van der Waals surface area contributed by atoms with E-state index in [0.29, 0.717) is 60.2 Å². The van der Waals surface area contributed by atoms with Gasteiger partial charge in [0.1, 0.15) is 35.2 Å². The van der Waals surface area contributed by atoms with Crippen molar-refractivity contribution in [3.63, 3.8) is 0 Å². The Labute approximate surface area is 350 Å². The van der Waals surface area contributed by atoms with Crippen molar-refractivity contribution < 1.29 is 41.8 Å². The van der Waals surface area contributed by atoms with Crippen molar-refractivity contribution in [1.82, 2.24) is 25.2 Å². The molecule has 4 bridgehead atoms. The average Bonchev–Trinajstić information content (AvgIpc) is 4.19. The summed E-state index contributed by atoms with van der Waals surface area (Å²) in [5.74, 6) is -1.50. The van der Waals surface area contributed by atoms with Crippen LogP contribution in [0.5, 0.6) is 11.5 Å². The number of nitrogens with zero attached hydrogens (tertiary/aromatic N) is 2. The lowest BCUT2D eigenvalue weighted by Crippen LogP contribution is -2.59. The van der Waals surface area contributed by atoms with Gasteiger partial charge in [-0.1, -0.05) is 67.8 Å². The smallest absolute Gasteiger partial charge is 0.407 e. The van der Waals surface area contributed by atoms with E-state index >= 15 is 0 Å². The van der Waals surface area contributed by atoms with Gasteiger partial charge in [-0.2, -0.15) is 0 Å². The molecule has 60 heavy (non-hydrogen) atoms. The number of carbonyl (C=O) groups excluding carboxylic acids is 4. The Bertz CT molecular complexity index is 2290. The van der Waals surface area contributed by atoms with Crippen LogP contribution in [-0.4, -0.2) is 91.4 Å². The fraction of sp³-hybridized carbons (Fsp3) is 0.489. The number of allylic oxidation sites excluding steroid dienone is 1. The molecule has 1 saturated heterocycles. The quantitative estimate of drug-likeness (QED) is 0.223. The van der Waals surface area contributed by atoms with Crippen molar-refractivity contribution in [2.45, 2.75) is 106 Å². The van der Waals surface area contributed by atoms with Crippen LogP contribution in [0.1, 0.15) is 82.6 Å². The minimum Gasteiger partial charge on any atom is -0.496 e. The molecule has 3 N–H and O–H groups in total. The highest BCUT2D eigenvalue weighted by atomic mass is 32.2. The van der Waals surface area contributed by atoms with Crippen molar-refractivity contribution in [3.8, 4) is 22.8 Å². The number of hydrogen-bond acceptors (Lipinski definition) is 10. The van der Waals surface area contributed by atoms with Gasteiger partial charge in [0.15, 0.2) is 0 Å². The van der Waals surface area contributed by atoms with Gasteiger partial charge in [-0.3, -0.25) is 19.1 Å². The van der Waals surface area contributed by atoms with E-state index in [1.165, 1.54) is 11.0 Å². The van der Waals surface area contributed by atoms with Crippen LogP contribution in [0, 0.1) is 11.8 Å². The normalized spacial score (nSPS) is 27.0. The first-order valence-electron chi connectivity index (χ1n) is 21.2. The summed E-state index contributed by atoms with van der Waals surface area (Å²) >= 11 is 0. The molecule has 2 aliphatic heterocycles. The fourth-order valence-electron chi connectivity index (χ4n) is 8.91. The second-order valence-electron chi connectivity index (χ2n) is 16.7. The lowest BCUT2D eigenvalue weighted by molar-refractivity contribution is -0.142. The predicted molar refractivity (Wildman–Crippen MR) is 225 cm³/mol. The van der Waals surface area contributed by atoms with E-state index in [4.69, 9.17) is 19.2 Å². The SMILES string of the molecule is C=C[C@H]1C[C@]1(NC(=O)[C@@H]1C[C@@H]2CN1C(=O)[C@H](C1CCCCC1)NC(=O)OCCCC/C=C/c1cc3c(cc(-c4ccccc4)nc3cc1OC)O2)C(=O)NS(=O)(=O)C1CC1. The summed E-state index contributed by atoms with van der Waals surface area (Å²) < 4.78 is 46.2. The van der Waals surface area contributed by atoms with Crippen molar-refractivity contribution in [3.05, 3.63) is 72.8 Å². The lowest BCUT2D eigenvalue weighted by atomic mass is 9.83. The highest BCUT2D eigenvalue weighted by Gasteiger charge is 2.62. The number of amides is 4. The monoisotopic (exact) mass is 839 g/mol. The Kier molecular flexibility index (Phi) is 11.9. The van der Waals surface area contributed by atoms with Crippen LogP contribution in [0.4, 0.5) is 4.79 Å². The summed E-state index contributed by atoms with van der Waals surface area (Å²) in [5.41, 5.74) is 1.39. The molecule has 3 aromatic rings. The van der Waals surface area contributed by atoms with E-state index in [1.54, 1.807) is 7.11 Å². The summed E-state index contributed by atoms with van der Waals surface area (Å²) in [6, 6.07) is 13.3. The van der Waals surface area contributed by atoms with E-state index in [0.717, 1.165) is 43.2 Å². The second-order valence-corrected chi connectivity index (χ2v) is 18.7. The number of carbonyl (C=O) groups is 4.